The Morgan fingerprint density at radius 3 is 2.67 bits per heavy atom. The minimum atomic E-state index is -0.273. The van der Waals surface area contributed by atoms with Gasteiger partial charge in [-0.3, -0.25) is 4.79 Å². The molecule has 0 bridgehead atoms. The van der Waals surface area contributed by atoms with Gasteiger partial charge in [-0.25, -0.2) is 0 Å². The largest absolute Gasteiger partial charge is 0.462 e. The molecule has 0 saturated heterocycles. The van der Waals surface area contributed by atoms with E-state index in [4.69, 9.17) is 4.74 Å². The van der Waals surface area contributed by atoms with E-state index in [2.05, 4.69) is 12.6 Å². The fourth-order valence-corrected chi connectivity index (χ4v) is 0.509. The lowest BCUT2D eigenvalue weighted by Crippen LogP contribution is -2.15. The first-order valence-electron chi connectivity index (χ1n) is 3.08. The number of thiol groups is 1. The summed E-state index contributed by atoms with van der Waals surface area (Å²) >= 11 is 3.92. The van der Waals surface area contributed by atoms with Crippen LogP contribution in [-0.4, -0.2) is 17.3 Å². The monoisotopic (exact) mass is 146 g/mol. The molecular formula is C6H10O2S. The molecule has 52 valence electrons. The minimum Gasteiger partial charge on any atom is -0.462 e. The summed E-state index contributed by atoms with van der Waals surface area (Å²) in [6.45, 7) is 1.72. The van der Waals surface area contributed by atoms with Crippen LogP contribution in [0.1, 0.15) is 19.8 Å². The maximum Gasteiger partial charge on any atom is 0.318 e. The highest BCUT2D eigenvalue weighted by atomic mass is 32.1. The molecule has 0 heterocycles. The SMILES string of the molecule is CC(S)C(=O)OC1CC1. The second-order valence-corrected chi connectivity index (χ2v) is 3.09. The standard InChI is InChI=1S/C6H10O2S/c1-4(9)6(7)8-5-2-3-5/h4-5,9H,2-3H2,1H3. The third-order valence-electron chi connectivity index (χ3n) is 1.15. The molecule has 1 atom stereocenters. The number of hydrogen-bond donors (Lipinski definition) is 1. The van der Waals surface area contributed by atoms with Crippen molar-refractivity contribution in [2.45, 2.75) is 31.1 Å². The van der Waals surface area contributed by atoms with Crippen molar-refractivity contribution in [3.8, 4) is 0 Å². The Hall–Kier alpha value is -0.180. The molecule has 1 fully saturated rings. The van der Waals surface area contributed by atoms with E-state index in [1.54, 1.807) is 6.92 Å². The molecule has 0 aromatic heterocycles. The van der Waals surface area contributed by atoms with Crippen LogP contribution in [0.3, 0.4) is 0 Å². The smallest absolute Gasteiger partial charge is 0.318 e. The second-order valence-electron chi connectivity index (χ2n) is 2.31. The summed E-state index contributed by atoms with van der Waals surface area (Å²) in [6.07, 6.45) is 2.28. The molecule has 0 aromatic rings. The Labute approximate surface area is 60.0 Å². The predicted octanol–water partition coefficient (Wildman–Crippen LogP) is 1.01. The lowest BCUT2D eigenvalue weighted by Gasteiger charge is -2.02. The first kappa shape index (κ1) is 6.93. The Balaban J connectivity index is 2.17. The highest BCUT2D eigenvalue weighted by molar-refractivity contribution is 7.81. The van der Waals surface area contributed by atoms with Gasteiger partial charge in [-0.1, -0.05) is 0 Å². The first-order valence-corrected chi connectivity index (χ1v) is 3.60. The van der Waals surface area contributed by atoms with E-state index >= 15 is 0 Å². The average molecular weight is 146 g/mol. The van der Waals surface area contributed by atoms with Crippen molar-refractivity contribution in [2.75, 3.05) is 0 Å². The van der Waals surface area contributed by atoms with E-state index in [1.807, 2.05) is 0 Å². The molecule has 1 rings (SSSR count). The molecule has 0 aliphatic heterocycles. The van der Waals surface area contributed by atoms with Gasteiger partial charge in [0.25, 0.3) is 0 Å². The topological polar surface area (TPSA) is 26.3 Å². The van der Waals surface area contributed by atoms with Crippen LogP contribution in [0.2, 0.25) is 0 Å². The third-order valence-corrected chi connectivity index (χ3v) is 1.36. The van der Waals surface area contributed by atoms with Gasteiger partial charge in [-0.05, 0) is 19.8 Å². The maximum atomic E-state index is 10.7. The van der Waals surface area contributed by atoms with Crippen LogP contribution in [0.5, 0.6) is 0 Å². The molecule has 0 N–H and O–H groups in total. The minimum absolute atomic E-state index is 0.194. The van der Waals surface area contributed by atoms with Crippen molar-refractivity contribution in [3.63, 3.8) is 0 Å². The van der Waals surface area contributed by atoms with Crippen molar-refractivity contribution in [3.05, 3.63) is 0 Å². The summed E-state index contributed by atoms with van der Waals surface area (Å²) in [7, 11) is 0. The van der Waals surface area contributed by atoms with Crippen molar-refractivity contribution in [1.29, 1.82) is 0 Å². The van der Waals surface area contributed by atoms with E-state index in [1.165, 1.54) is 0 Å². The summed E-state index contributed by atoms with van der Waals surface area (Å²) in [5.74, 6) is -0.194. The van der Waals surface area contributed by atoms with Crippen LogP contribution in [0.4, 0.5) is 0 Å². The van der Waals surface area contributed by atoms with Gasteiger partial charge in [0.1, 0.15) is 6.10 Å². The molecule has 1 saturated carbocycles. The van der Waals surface area contributed by atoms with Gasteiger partial charge in [-0.2, -0.15) is 12.6 Å². The van der Waals surface area contributed by atoms with Crippen molar-refractivity contribution >= 4 is 18.6 Å². The summed E-state index contributed by atoms with van der Waals surface area (Å²) < 4.78 is 4.91. The number of rotatable bonds is 2. The number of esters is 1. The highest BCUT2D eigenvalue weighted by Gasteiger charge is 2.26. The number of hydrogen-bond acceptors (Lipinski definition) is 3. The second kappa shape index (κ2) is 2.60. The number of carbonyl (C=O) groups excluding carboxylic acids is 1. The van der Waals surface area contributed by atoms with Crippen LogP contribution in [0.15, 0.2) is 0 Å². The van der Waals surface area contributed by atoms with E-state index in [0.29, 0.717) is 0 Å². The van der Waals surface area contributed by atoms with E-state index < -0.39 is 0 Å². The van der Waals surface area contributed by atoms with Gasteiger partial charge in [0.05, 0.1) is 5.25 Å². The van der Waals surface area contributed by atoms with Crippen molar-refractivity contribution < 1.29 is 9.53 Å². The molecular weight excluding hydrogens is 136 g/mol. The zero-order chi connectivity index (χ0) is 6.85. The summed E-state index contributed by atoms with van der Waals surface area (Å²) in [5, 5.41) is -0.273. The number of carbonyl (C=O) groups is 1. The van der Waals surface area contributed by atoms with Gasteiger partial charge < -0.3 is 4.74 Å². The predicted molar refractivity (Wildman–Crippen MR) is 37.6 cm³/mol. The molecule has 0 radical (unpaired) electrons. The zero-order valence-electron chi connectivity index (χ0n) is 5.33. The molecule has 9 heavy (non-hydrogen) atoms. The van der Waals surface area contributed by atoms with E-state index in [0.717, 1.165) is 12.8 Å². The van der Waals surface area contributed by atoms with Crippen LogP contribution < -0.4 is 0 Å². The summed E-state index contributed by atoms with van der Waals surface area (Å²) in [6, 6.07) is 0. The van der Waals surface area contributed by atoms with Gasteiger partial charge in [0.2, 0.25) is 0 Å². The lowest BCUT2D eigenvalue weighted by molar-refractivity contribution is -0.143. The van der Waals surface area contributed by atoms with Gasteiger partial charge in [-0.15, -0.1) is 0 Å². The van der Waals surface area contributed by atoms with Crippen LogP contribution in [0.25, 0.3) is 0 Å². The van der Waals surface area contributed by atoms with Crippen molar-refractivity contribution in [1.82, 2.24) is 0 Å². The Bertz CT molecular complexity index is 118. The van der Waals surface area contributed by atoms with E-state index in [9.17, 15) is 4.79 Å². The molecule has 3 heteroatoms. The Morgan fingerprint density at radius 1 is 1.78 bits per heavy atom. The molecule has 0 aromatic carbocycles. The van der Waals surface area contributed by atoms with Gasteiger partial charge in [0, 0.05) is 0 Å². The lowest BCUT2D eigenvalue weighted by atomic mass is 10.5. The summed E-state index contributed by atoms with van der Waals surface area (Å²) in [4.78, 5) is 10.7. The summed E-state index contributed by atoms with van der Waals surface area (Å²) in [5.41, 5.74) is 0. The Kier molecular flexibility index (Phi) is 2.01. The molecule has 1 aliphatic rings. The van der Waals surface area contributed by atoms with Crippen LogP contribution >= 0.6 is 12.6 Å². The zero-order valence-corrected chi connectivity index (χ0v) is 6.23. The molecule has 1 aliphatic carbocycles. The fourth-order valence-electron chi connectivity index (χ4n) is 0.449. The quantitative estimate of drug-likeness (QED) is 0.465. The number of ether oxygens (including phenoxy) is 1. The van der Waals surface area contributed by atoms with Crippen LogP contribution in [0, 0.1) is 0 Å². The maximum absolute atomic E-state index is 10.7. The average Bonchev–Trinajstić information content (AvgIpc) is 2.50. The van der Waals surface area contributed by atoms with Crippen molar-refractivity contribution in [2.24, 2.45) is 0 Å². The highest BCUT2D eigenvalue weighted by Crippen LogP contribution is 2.24. The normalized spacial score (nSPS) is 21.1. The first-order chi connectivity index (χ1) is 4.20. The Morgan fingerprint density at radius 2 is 2.33 bits per heavy atom. The molecule has 2 nitrogen and oxygen atoms in total. The van der Waals surface area contributed by atoms with Gasteiger partial charge >= 0.3 is 5.97 Å². The fraction of sp³-hybridized carbons (Fsp3) is 0.833. The van der Waals surface area contributed by atoms with E-state index in [-0.39, 0.29) is 17.3 Å². The third kappa shape index (κ3) is 2.26. The molecule has 0 spiro atoms. The molecule has 1 unspecified atom stereocenters. The molecule has 0 amide bonds. The van der Waals surface area contributed by atoms with Crippen LogP contribution in [-0.2, 0) is 9.53 Å². The van der Waals surface area contributed by atoms with Gasteiger partial charge in [0.15, 0.2) is 0 Å².